The Bertz CT molecular complexity index is 664. The van der Waals surface area contributed by atoms with E-state index in [4.69, 9.17) is 0 Å². The fourth-order valence-electron chi connectivity index (χ4n) is 3.84. The second-order valence-corrected chi connectivity index (χ2v) is 7.13. The number of piperidine rings is 1. The molecular weight excluding hydrogens is 339 g/mol. The highest BCUT2D eigenvalue weighted by molar-refractivity contribution is 5.81. The Morgan fingerprint density at radius 3 is 2.96 bits per heavy atom. The lowest BCUT2D eigenvalue weighted by Gasteiger charge is -2.33. The number of hydrogen-bond donors (Lipinski definition) is 2. The number of nitrogens with one attached hydrogen (secondary N) is 2. The SMILES string of the molecule is O=C(NCC1CCCN(Cc2c(F)cccc2[N+](=O)[O-])C1)C1CCCN1. The molecule has 2 N–H and O–H groups in total. The predicted molar refractivity (Wildman–Crippen MR) is 95.1 cm³/mol. The summed E-state index contributed by atoms with van der Waals surface area (Å²) in [7, 11) is 0. The molecule has 0 aliphatic carbocycles. The fraction of sp³-hybridized carbons (Fsp3) is 0.611. The number of amides is 1. The van der Waals surface area contributed by atoms with Gasteiger partial charge in [0.2, 0.25) is 5.91 Å². The van der Waals surface area contributed by atoms with E-state index >= 15 is 0 Å². The zero-order valence-electron chi connectivity index (χ0n) is 14.7. The van der Waals surface area contributed by atoms with Crippen molar-refractivity contribution >= 4 is 11.6 Å². The Balaban J connectivity index is 1.55. The number of hydrogen-bond acceptors (Lipinski definition) is 5. The van der Waals surface area contributed by atoms with Crippen molar-refractivity contribution in [1.82, 2.24) is 15.5 Å². The average molecular weight is 364 g/mol. The molecule has 26 heavy (non-hydrogen) atoms. The molecule has 1 aromatic carbocycles. The summed E-state index contributed by atoms with van der Waals surface area (Å²) in [5.74, 6) is -0.216. The van der Waals surface area contributed by atoms with E-state index in [1.54, 1.807) is 0 Å². The smallest absolute Gasteiger partial charge is 0.276 e. The van der Waals surface area contributed by atoms with Gasteiger partial charge in [0.1, 0.15) is 5.82 Å². The van der Waals surface area contributed by atoms with E-state index in [1.165, 1.54) is 18.2 Å². The van der Waals surface area contributed by atoms with E-state index in [-0.39, 0.29) is 35.7 Å². The Hall–Kier alpha value is -2.06. The fourth-order valence-corrected chi connectivity index (χ4v) is 3.84. The number of nitro groups is 1. The average Bonchev–Trinajstić information content (AvgIpc) is 3.16. The molecule has 0 saturated carbocycles. The Morgan fingerprint density at radius 2 is 2.23 bits per heavy atom. The first kappa shape index (κ1) is 18.7. The van der Waals surface area contributed by atoms with Crippen molar-refractivity contribution in [3.63, 3.8) is 0 Å². The first-order valence-electron chi connectivity index (χ1n) is 9.20. The summed E-state index contributed by atoms with van der Waals surface area (Å²) in [5, 5.41) is 17.3. The number of nitro benzene ring substituents is 1. The van der Waals surface area contributed by atoms with Gasteiger partial charge in [0, 0.05) is 25.7 Å². The van der Waals surface area contributed by atoms with E-state index in [2.05, 4.69) is 10.6 Å². The normalized spacial score (nSPS) is 23.7. The van der Waals surface area contributed by atoms with Crippen LogP contribution in [0.4, 0.5) is 10.1 Å². The number of nitrogens with zero attached hydrogens (tertiary/aromatic N) is 2. The van der Waals surface area contributed by atoms with Crippen LogP contribution in [0.3, 0.4) is 0 Å². The van der Waals surface area contributed by atoms with Gasteiger partial charge in [-0.05, 0) is 50.8 Å². The molecule has 0 aromatic heterocycles. The van der Waals surface area contributed by atoms with Crippen molar-refractivity contribution in [2.45, 2.75) is 38.3 Å². The minimum Gasteiger partial charge on any atom is -0.354 e. The minimum absolute atomic E-state index is 0.0457. The van der Waals surface area contributed by atoms with E-state index in [0.717, 1.165) is 38.8 Å². The second kappa shape index (κ2) is 8.55. The molecule has 2 unspecified atom stereocenters. The van der Waals surface area contributed by atoms with Crippen molar-refractivity contribution in [1.29, 1.82) is 0 Å². The number of halogens is 1. The molecule has 3 rings (SSSR count). The molecule has 1 amide bonds. The highest BCUT2D eigenvalue weighted by Crippen LogP contribution is 2.25. The van der Waals surface area contributed by atoms with Gasteiger partial charge in [0.25, 0.3) is 5.69 Å². The third kappa shape index (κ3) is 4.56. The summed E-state index contributed by atoms with van der Waals surface area (Å²) in [6.07, 6.45) is 3.83. The minimum atomic E-state index is -0.540. The molecule has 0 radical (unpaired) electrons. The summed E-state index contributed by atoms with van der Waals surface area (Å²) < 4.78 is 14.1. The zero-order valence-corrected chi connectivity index (χ0v) is 14.7. The van der Waals surface area contributed by atoms with Crippen LogP contribution in [0.2, 0.25) is 0 Å². The Kier molecular flexibility index (Phi) is 6.16. The first-order valence-corrected chi connectivity index (χ1v) is 9.20. The van der Waals surface area contributed by atoms with Gasteiger partial charge < -0.3 is 10.6 Å². The van der Waals surface area contributed by atoms with Crippen LogP contribution in [0.15, 0.2) is 18.2 Å². The van der Waals surface area contributed by atoms with Gasteiger partial charge in [0.15, 0.2) is 0 Å². The Morgan fingerprint density at radius 1 is 1.38 bits per heavy atom. The van der Waals surface area contributed by atoms with Gasteiger partial charge >= 0.3 is 0 Å². The molecule has 7 nitrogen and oxygen atoms in total. The molecule has 2 aliphatic rings. The van der Waals surface area contributed by atoms with Crippen molar-refractivity contribution in [2.75, 3.05) is 26.2 Å². The van der Waals surface area contributed by atoms with Gasteiger partial charge in [-0.1, -0.05) is 6.07 Å². The maximum Gasteiger partial charge on any atom is 0.276 e. The van der Waals surface area contributed by atoms with Gasteiger partial charge in [-0.15, -0.1) is 0 Å². The maximum atomic E-state index is 14.1. The molecular formula is C18H25FN4O3. The summed E-state index contributed by atoms with van der Waals surface area (Å²) in [6, 6.07) is 3.88. The lowest BCUT2D eigenvalue weighted by Crippen LogP contribution is -2.45. The highest BCUT2D eigenvalue weighted by Gasteiger charge is 2.26. The number of benzene rings is 1. The molecule has 8 heteroatoms. The third-order valence-electron chi connectivity index (χ3n) is 5.22. The van der Waals surface area contributed by atoms with E-state index < -0.39 is 10.7 Å². The molecule has 2 heterocycles. The quantitative estimate of drug-likeness (QED) is 0.594. The van der Waals surface area contributed by atoms with Crippen LogP contribution in [0.5, 0.6) is 0 Å². The number of carbonyl (C=O) groups excluding carboxylic acids is 1. The molecule has 0 bridgehead atoms. The van der Waals surface area contributed by atoms with E-state index in [0.29, 0.717) is 13.1 Å². The molecule has 2 atom stereocenters. The highest BCUT2D eigenvalue weighted by atomic mass is 19.1. The summed E-state index contributed by atoms with van der Waals surface area (Å²) in [6.45, 7) is 3.17. The summed E-state index contributed by atoms with van der Waals surface area (Å²) in [5.41, 5.74) is -0.0370. The van der Waals surface area contributed by atoms with Gasteiger partial charge in [-0.3, -0.25) is 19.8 Å². The Labute approximate surface area is 152 Å². The summed E-state index contributed by atoms with van der Waals surface area (Å²) in [4.78, 5) is 24.8. The molecule has 2 saturated heterocycles. The topological polar surface area (TPSA) is 87.5 Å². The lowest BCUT2D eigenvalue weighted by molar-refractivity contribution is -0.386. The van der Waals surface area contributed by atoms with E-state index in [9.17, 15) is 19.3 Å². The van der Waals surface area contributed by atoms with Gasteiger partial charge in [-0.2, -0.15) is 0 Å². The second-order valence-electron chi connectivity index (χ2n) is 7.13. The van der Waals surface area contributed by atoms with Crippen LogP contribution < -0.4 is 10.6 Å². The monoisotopic (exact) mass is 364 g/mol. The zero-order chi connectivity index (χ0) is 18.5. The number of rotatable bonds is 6. The van der Waals surface area contributed by atoms with Crippen molar-refractivity contribution in [3.05, 3.63) is 39.7 Å². The third-order valence-corrected chi connectivity index (χ3v) is 5.22. The maximum absolute atomic E-state index is 14.1. The summed E-state index contributed by atoms with van der Waals surface area (Å²) >= 11 is 0. The van der Waals surface area contributed by atoms with Crippen molar-refractivity contribution in [2.24, 2.45) is 5.92 Å². The predicted octanol–water partition coefficient (Wildman–Crippen LogP) is 1.81. The molecule has 2 aliphatic heterocycles. The van der Waals surface area contributed by atoms with Crippen molar-refractivity contribution < 1.29 is 14.1 Å². The standard InChI is InChI=1S/C18H25FN4O3/c19-15-5-1-7-17(23(25)26)14(15)12-22-9-3-4-13(11-22)10-21-18(24)16-6-2-8-20-16/h1,5,7,13,16,20H,2-4,6,8-12H2,(H,21,24). The molecule has 0 spiro atoms. The van der Waals surface area contributed by atoms with Crippen LogP contribution >= 0.6 is 0 Å². The van der Waals surface area contributed by atoms with Crippen LogP contribution in [-0.2, 0) is 11.3 Å². The van der Waals surface area contributed by atoms with Gasteiger partial charge in [0.05, 0.1) is 16.5 Å². The molecule has 1 aromatic rings. The molecule has 2 fully saturated rings. The first-order chi connectivity index (χ1) is 12.5. The molecule has 142 valence electrons. The largest absolute Gasteiger partial charge is 0.354 e. The van der Waals surface area contributed by atoms with Crippen molar-refractivity contribution in [3.8, 4) is 0 Å². The van der Waals surface area contributed by atoms with Crippen LogP contribution in [0, 0.1) is 21.8 Å². The van der Waals surface area contributed by atoms with E-state index in [1.807, 2.05) is 4.90 Å². The lowest BCUT2D eigenvalue weighted by atomic mass is 9.97. The van der Waals surface area contributed by atoms with Gasteiger partial charge in [-0.25, -0.2) is 4.39 Å². The van der Waals surface area contributed by atoms with Crippen LogP contribution in [0.1, 0.15) is 31.2 Å². The van der Waals surface area contributed by atoms with Crippen LogP contribution in [-0.4, -0.2) is 48.0 Å². The van der Waals surface area contributed by atoms with Crippen LogP contribution in [0.25, 0.3) is 0 Å². The number of likely N-dealkylation sites (tertiary alicyclic amines) is 1. The number of carbonyl (C=O) groups is 1.